The van der Waals surface area contributed by atoms with Gasteiger partial charge >= 0.3 is 0 Å². The van der Waals surface area contributed by atoms with Crippen LogP contribution in [0.4, 0.5) is 14.7 Å². The van der Waals surface area contributed by atoms with Crippen LogP contribution in [0, 0.1) is 24.0 Å². The molecule has 0 radical (unpaired) electrons. The Kier molecular flexibility index (Phi) is 5.77. The molecule has 1 fully saturated rings. The first-order chi connectivity index (χ1) is 14.6. The smallest absolute Gasteiger partial charge is 0.223 e. The highest BCUT2D eigenvalue weighted by Crippen LogP contribution is 2.33. The molecule has 1 heterocycles. The van der Waals surface area contributed by atoms with Crippen molar-refractivity contribution in [3.8, 4) is 29.2 Å². The zero-order chi connectivity index (χ0) is 21.1. The maximum atomic E-state index is 14.6. The number of hydrogen-bond acceptors (Lipinski definition) is 5. The lowest BCUT2D eigenvalue weighted by atomic mass is 10.0. The first kappa shape index (κ1) is 20.0. The average Bonchev–Trinajstić information content (AvgIpc) is 3.19. The van der Waals surface area contributed by atoms with Crippen LogP contribution in [0.1, 0.15) is 19.3 Å². The third kappa shape index (κ3) is 3.91. The lowest BCUT2D eigenvalue weighted by Gasteiger charge is -2.21. The molecule has 0 amide bonds. The van der Waals surface area contributed by atoms with E-state index in [-0.39, 0.29) is 23.4 Å². The van der Waals surface area contributed by atoms with Crippen LogP contribution in [0.15, 0.2) is 36.5 Å². The molecule has 0 saturated heterocycles. The minimum Gasteiger partial charge on any atom is -0.494 e. The molecule has 3 aromatic rings. The molecule has 1 aromatic heterocycles. The van der Waals surface area contributed by atoms with Gasteiger partial charge in [-0.15, -0.1) is 6.42 Å². The summed E-state index contributed by atoms with van der Waals surface area (Å²) in [7, 11) is 1.35. The minimum atomic E-state index is -0.734. The summed E-state index contributed by atoms with van der Waals surface area (Å²) in [5.41, 5.74) is 0.952. The number of hydrogen-bond donors (Lipinski definition) is 2. The van der Waals surface area contributed by atoms with Crippen LogP contribution in [0.3, 0.4) is 0 Å². The fraction of sp³-hybridized carbons (Fsp3) is 0.304. The van der Waals surface area contributed by atoms with Gasteiger partial charge in [-0.05, 0) is 49.1 Å². The highest BCUT2D eigenvalue weighted by molar-refractivity contribution is 5.85. The summed E-state index contributed by atoms with van der Waals surface area (Å²) in [5.74, 6) is 1.73. The molecule has 2 N–H and O–H groups in total. The fourth-order valence-corrected chi connectivity index (χ4v) is 3.95. The largest absolute Gasteiger partial charge is 0.494 e. The van der Waals surface area contributed by atoms with Crippen molar-refractivity contribution in [3.63, 3.8) is 0 Å². The number of nitrogens with zero attached hydrogens (tertiary/aromatic N) is 2. The van der Waals surface area contributed by atoms with Gasteiger partial charge in [0.05, 0.1) is 24.7 Å². The third-order valence-corrected chi connectivity index (χ3v) is 5.44. The number of terminal acetylenes is 1. The SMILES string of the molecule is C#CCN[C@H]1CCC[C@H]1Nc1ncc2cc(-c3c(F)ccc(OC)c3F)ccc2n1. The zero-order valence-corrected chi connectivity index (χ0v) is 16.6. The molecular formula is C23H22F2N4O. The van der Waals surface area contributed by atoms with Crippen molar-refractivity contribution in [1.82, 2.24) is 15.3 Å². The predicted molar refractivity (Wildman–Crippen MR) is 113 cm³/mol. The number of aromatic nitrogens is 2. The van der Waals surface area contributed by atoms with Gasteiger partial charge < -0.3 is 15.4 Å². The molecule has 5 nitrogen and oxygen atoms in total. The van der Waals surface area contributed by atoms with Crippen LogP contribution < -0.4 is 15.4 Å². The lowest BCUT2D eigenvalue weighted by molar-refractivity contribution is 0.385. The quantitative estimate of drug-likeness (QED) is 0.601. The van der Waals surface area contributed by atoms with Gasteiger partial charge in [-0.25, -0.2) is 18.7 Å². The van der Waals surface area contributed by atoms with E-state index in [1.807, 2.05) is 0 Å². The van der Waals surface area contributed by atoms with Crippen molar-refractivity contribution in [2.45, 2.75) is 31.3 Å². The van der Waals surface area contributed by atoms with E-state index in [2.05, 4.69) is 26.5 Å². The molecule has 0 spiro atoms. The zero-order valence-electron chi connectivity index (χ0n) is 16.6. The van der Waals surface area contributed by atoms with Gasteiger partial charge in [-0.3, -0.25) is 0 Å². The van der Waals surface area contributed by atoms with Crippen LogP contribution in [-0.2, 0) is 0 Å². The molecule has 0 aliphatic heterocycles. The highest BCUT2D eigenvalue weighted by Gasteiger charge is 2.27. The fourth-order valence-electron chi connectivity index (χ4n) is 3.95. The minimum absolute atomic E-state index is 0.00754. The lowest BCUT2D eigenvalue weighted by Crippen LogP contribution is -2.40. The molecule has 1 aliphatic carbocycles. The Labute approximate surface area is 173 Å². The second-order valence-electron chi connectivity index (χ2n) is 7.28. The van der Waals surface area contributed by atoms with Crippen molar-refractivity contribution >= 4 is 16.9 Å². The monoisotopic (exact) mass is 408 g/mol. The van der Waals surface area contributed by atoms with Crippen LogP contribution in [-0.4, -0.2) is 35.7 Å². The van der Waals surface area contributed by atoms with Crippen LogP contribution in [0.2, 0.25) is 0 Å². The van der Waals surface area contributed by atoms with Crippen LogP contribution in [0.5, 0.6) is 5.75 Å². The molecule has 30 heavy (non-hydrogen) atoms. The first-order valence-corrected chi connectivity index (χ1v) is 9.83. The topological polar surface area (TPSA) is 59.1 Å². The number of rotatable bonds is 6. The van der Waals surface area contributed by atoms with Gasteiger partial charge in [-0.2, -0.15) is 0 Å². The summed E-state index contributed by atoms with van der Waals surface area (Å²) in [6.45, 7) is 0.529. The summed E-state index contributed by atoms with van der Waals surface area (Å²) in [5, 5.41) is 7.42. The predicted octanol–water partition coefficient (Wildman–Crippen LogP) is 4.14. The summed E-state index contributed by atoms with van der Waals surface area (Å²) in [6, 6.07) is 8.00. The third-order valence-electron chi connectivity index (χ3n) is 5.44. The van der Waals surface area contributed by atoms with Crippen molar-refractivity contribution in [2.24, 2.45) is 0 Å². The standard InChI is InChI=1S/C23H22F2N4O/c1-3-11-26-18-5-4-6-19(18)29-23-27-13-15-12-14(7-9-17(15)28-23)21-16(24)8-10-20(30-2)22(21)25/h1,7-10,12-13,18-19,26H,4-6,11H2,2H3,(H,27,28,29)/t18-,19+/m0/s1. The molecule has 2 aromatic carbocycles. The van der Waals surface area contributed by atoms with E-state index in [0.717, 1.165) is 19.3 Å². The van der Waals surface area contributed by atoms with Gasteiger partial charge in [0.1, 0.15) is 5.82 Å². The van der Waals surface area contributed by atoms with Crippen LogP contribution >= 0.6 is 0 Å². The molecule has 154 valence electrons. The van der Waals surface area contributed by atoms with Gasteiger partial charge in [-0.1, -0.05) is 12.0 Å². The normalized spacial score (nSPS) is 18.3. The molecule has 1 aliphatic rings. The van der Waals surface area contributed by atoms with Gasteiger partial charge in [0.15, 0.2) is 11.6 Å². The number of fused-ring (bicyclic) bond motifs is 1. The van der Waals surface area contributed by atoms with E-state index in [4.69, 9.17) is 11.2 Å². The number of benzene rings is 2. The molecule has 1 saturated carbocycles. The number of halogens is 2. The summed E-state index contributed by atoms with van der Waals surface area (Å²) in [4.78, 5) is 8.96. The first-order valence-electron chi connectivity index (χ1n) is 9.83. The summed E-state index contributed by atoms with van der Waals surface area (Å²) < 4.78 is 33.9. The molecule has 4 rings (SSSR count). The van der Waals surface area contributed by atoms with Gasteiger partial charge in [0.2, 0.25) is 5.95 Å². The molecule has 0 bridgehead atoms. The van der Waals surface area contributed by atoms with E-state index in [9.17, 15) is 8.78 Å². The second-order valence-corrected chi connectivity index (χ2v) is 7.28. The van der Waals surface area contributed by atoms with E-state index in [0.29, 0.717) is 29.0 Å². The highest BCUT2D eigenvalue weighted by atomic mass is 19.1. The van der Waals surface area contributed by atoms with E-state index in [1.54, 1.807) is 24.4 Å². The number of anilines is 1. The van der Waals surface area contributed by atoms with E-state index < -0.39 is 11.6 Å². The Bertz CT molecular complexity index is 1110. The Morgan fingerprint density at radius 1 is 1.20 bits per heavy atom. The number of nitrogens with one attached hydrogen (secondary N) is 2. The van der Waals surface area contributed by atoms with Gasteiger partial charge in [0.25, 0.3) is 0 Å². The summed E-state index contributed by atoms with van der Waals surface area (Å²) in [6.07, 6.45) is 10.2. The molecular weight excluding hydrogens is 386 g/mol. The average molecular weight is 408 g/mol. The Balaban J connectivity index is 1.60. The molecule has 0 unspecified atom stereocenters. The van der Waals surface area contributed by atoms with Crippen molar-refractivity contribution < 1.29 is 13.5 Å². The second kappa shape index (κ2) is 8.64. The molecule has 7 heteroatoms. The Hall–Kier alpha value is -3.24. The number of methoxy groups -OCH3 is 1. The van der Waals surface area contributed by atoms with Crippen LogP contribution in [0.25, 0.3) is 22.0 Å². The van der Waals surface area contributed by atoms with E-state index in [1.165, 1.54) is 19.2 Å². The molecule has 2 atom stereocenters. The van der Waals surface area contributed by atoms with Crippen molar-refractivity contribution in [2.75, 3.05) is 19.0 Å². The van der Waals surface area contributed by atoms with Crippen molar-refractivity contribution in [3.05, 3.63) is 48.2 Å². The Morgan fingerprint density at radius 2 is 2.03 bits per heavy atom. The summed E-state index contributed by atoms with van der Waals surface area (Å²) >= 11 is 0. The number of ether oxygens (including phenoxy) is 1. The van der Waals surface area contributed by atoms with Gasteiger partial charge in [0, 0.05) is 23.7 Å². The van der Waals surface area contributed by atoms with Crippen molar-refractivity contribution in [1.29, 1.82) is 0 Å². The Morgan fingerprint density at radius 3 is 2.83 bits per heavy atom. The maximum Gasteiger partial charge on any atom is 0.223 e. The van der Waals surface area contributed by atoms with E-state index >= 15 is 0 Å². The maximum absolute atomic E-state index is 14.6.